The molecule has 0 aliphatic carbocycles. The van der Waals surface area contributed by atoms with Crippen LogP contribution in [0.25, 0.3) is 0 Å². The van der Waals surface area contributed by atoms with Gasteiger partial charge in [-0.05, 0) is 38.0 Å². The maximum Gasteiger partial charge on any atom is 0.146 e. The van der Waals surface area contributed by atoms with E-state index in [1.54, 1.807) is 6.07 Å². The average Bonchev–Trinajstić information content (AvgIpc) is 2.35. The van der Waals surface area contributed by atoms with Crippen LogP contribution in [0, 0.1) is 19.7 Å². The van der Waals surface area contributed by atoms with Gasteiger partial charge in [0.25, 0.3) is 0 Å². The fourth-order valence-electron chi connectivity index (χ4n) is 1.82. The summed E-state index contributed by atoms with van der Waals surface area (Å²) in [6, 6.07) is 5.08. The predicted molar refractivity (Wildman–Crippen MR) is 70.6 cm³/mol. The second-order valence-electron chi connectivity index (χ2n) is 4.26. The Hall–Kier alpha value is -1.97. The lowest BCUT2D eigenvalue weighted by Crippen LogP contribution is -2.03. The number of hydrogen-bond acceptors (Lipinski definition) is 3. The minimum Gasteiger partial charge on any atom is -0.338 e. The fourth-order valence-corrected chi connectivity index (χ4v) is 1.82. The van der Waals surface area contributed by atoms with Crippen LogP contribution in [0.15, 0.2) is 24.5 Å². The Labute approximate surface area is 106 Å². The van der Waals surface area contributed by atoms with Crippen molar-refractivity contribution < 1.29 is 4.39 Å². The molecule has 2 aromatic rings. The third-order valence-corrected chi connectivity index (χ3v) is 2.90. The summed E-state index contributed by atoms with van der Waals surface area (Å²) in [4.78, 5) is 8.35. The molecule has 0 amide bonds. The molecule has 0 saturated carbocycles. The number of rotatable bonds is 3. The lowest BCUT2D eigenvalue weighted by molar-refractivity contribution is 0.630. The summed E-state index contributed by atoms with van der Waals surface area (Å²) in [5.74, 6) is 0.385. The molecule has 0 bridgehead atoms. The quantitative estimate of drug-likeness (QED) is 0.898. The Kier molecular flexibility index (Phi) is 3.55. The highest BCUT2D eigenvalue weighted by Crippen LogP contribution is 2.22. The van der Waals surface area contributed by atoms with Crippen molar-refractivity contribution in [3.8, 4) is 0 Å². The largest absolute Gasteiger partial charge is 0.338 e. The van der Waals surface area contributed by atoms with E-state index < -0.39 is 0 Å². The molecule has 1 aromatic carbocycles. The van der Waals surface area contributed by atoms with Gasteiger partial charge in [0, 0.05) is 11.3 Å². The summed E-state index contributed by atoms with van der Waals surface area (Å²) in [7, 11) is 0. The molecule has 0 aliphatic heterocycles. The lowest BCUT2D eigenvalue weighted by Gasteiger charge is -2.11. The van der Waals surface area contributed by atoms with E-state index in [4.69, 9.17) is 0 Å². The molecule has 0 radical (unpaired) electrons. The van der Waals surface area contributed by atoms with Crippen molar-refractivity contribution in [3.05, 3.63) is 47.2 Å². The first-order valence-corrected chi connectivity index (χ1v) is 5.95. The third kappa shape index (κ3) is 2.47. The van der Waals surface area contributed by atoms with E-state index in [0.717, 1.165) is 23.2 Å². The summed E-state index contributed by atoms with van der Waals surface area (Å²) >= 11 is 0. The monoisotopic (exact) mass is 245 g/mol. The van der Waals surface area contributed by atoms with E-state index >= 15 is 0 Å². The molecular weight excluding hydrogens is 229 g/mol. The highest BCUT2D eigenvalue weighted by molar-refractivity contribution is 5.60. The van der Waals surface area contributed by atoms with Crippen molar-refractivity contribution in [2.45, 2.75) is 27.2 Å². The van der Waals surface area contributed by atoms with Crippen molar-refractivity contribution in [2.24, 2.45) is 0 Å². The van der Waals surface area contributed by atoms with E-state index in [0.29, 0.717) is 11.5 Å². The molecule has 1 heterocycles. The molecule has 0 atom stereocenters. The summed E-state index contributed by atoms with van der Waals surface area (Å²) in [5, 5.41) is 3.02. The molecule has 1 N–H and O–H groups in total. The molecular formula is C14H16FN3. The van der Waals surface area contributed by atoms with Crippen LogP contribution in [0.4, 0.5) is 15.9 Å². The summed E-state index contributed by atoms with van der Waals surface area (Å²) in [6.45, 7) is 5.83. The van der Waals surface area contributed by atoms with E-state index in [2.05, 4.69) is 15.3 Å². The normalized spacial score (nSPS) is 10.4. The number of aromatic nitrogens is 2. The minimum atomic E-state index is -0.272. The van der Waals surface area contributed by atoms with Gasteiger partial charge in [0.1, 0.15) is 18.0 Å². The highest BCUT2D eigenvalue weighted by atomic mass is 19.1. The first-order chi connectivity index (χ1) is 8.61. The number of nitrogens with one attached hydrogen (secondary N) is 1. The minimum absolute atomic E-state index is 0.272. The van der Waals surface area contributed by atoms with Crippen molar-refractivity contribution in [1.82, 2.24) is 9.97 Å². The standard InChI is InChI=1S/C14H16FN3/c1-4-12-10(3)14(17-8-16-12)18-13-6-5-9(2)7-11(13)15/h5-8H,4H2,1-3H3,(H,16,17,18). The lowest BCUT2D eigenvalue weighted by atomic mass is 10.2. The molecule has 0 unspecified atom stereocenters. The average molecular weight is 245 g/mol. The van der Waals surface area contributed by atoms with Crippen molar-refractivity contribution in [3.63, 3.8) is 0 Å². The molecule has 0 saturated heterocycles. The van der Waals surface area contributed by atoms with Crippen LogP contribution in [0.1, 0.15) is 23.7 Å². The smallest absolute Gasteiger partial charge is 0.146 e. The van der Waals surface area contributed by atoms with Crippen molar-refractivity contribution in [1.29, 1.82) is 0 Å². The Morgan fingerprint density at radius 1 is 1.22 bits per heavy atom. The van der Waals surface area contributed by atoms with Gasteiger partial charge in [0.2, 0.25) is 0 Å². The van der Waals surface area contributed by atoms with Crippen LogP contribution in [-0.4, -0.2) is 9.97 Å². The molecule has 0 spiro atoms. The van der Waals surface area contributed by atoms with Gasteiger partial charge in [-0.15, -0.1) is 0 Å². The Bertz CT molecular complexity index is 567. The zero-order valence-corrected chi connectivity index (χ0v) is 10.8. The van der Waals surface area contributed by atoms with Gasteiger partial charge in [-0.3, -0.25) is 0 Å². The maximum atomic E-state index is 13.7. The second kappa shape index (κ2) is 5.12. The topological polar surface area (TPSA) is 37.8 Å². The van der Waals surface area contributed by atoms with Crippen LogP contribution in [0.5, 0.6) is 0 Å². The highest BCUT2D eigenvalue weighted by Gasteiger charge is 2.08. The van der Waals surface area contributed by atoms with Crippen LogP contribution in [-0.2, 0) is 6.42 Å². The number of nitrogens with zero attached hydrogens (tertiary/aromatic N) is 2. The number of benzene rings is 1. The number of halogens is 1. The van der Waals surface area contributed by atoms with Gasteiger partial charge in [-0.2, -0.15) is 0 Å². The van der Waals surface area contributed by atoms with Gasteiger partial charge in [0.05, 0.1) is 5.69 Å². The van der Waals surface area contributed by atoms with Crippen molar-refractivity contribution in [2.75, 3.05) is 5.32 Å². The zero-order valence-electron chi connectivity index (χ0n) is 10.8. The van der Waals surface area contributed by atoms with Gasteiger partial charge in [-0.1, -0.05) is 13.0 Å². The molecule has 18 heavy (non-hydrogen) atoms. The van der Waals surface area contributed by atoms with E-state index in [1.807, 2.05) is 26.8 Å². The van der Waals surface area contributed by atoms with Crippen LogP contribution in [0.2, 0.25) is 0 Å². The molecule has 2 rings (SSSR count). The predicted octanol–water partition coefficient (Wildman–Crippen LogP) is 3.54. The van der Waals surface area contributed by atoms with Crippen LogP contribution >= 0.6 is 0 Å². The second-order valence-corrected chi connectivity index (χ2v) is 4.26. The molecule has 94 valence electrons. The Balaban J connectivity index is 2.34. The summed E-state index contributed by atoms with van der Waals surface area (Å²) in [5.41, 5.74) is 3.26. The molecule has 4 heteroatoms. The van der Waals surface area contributed by atoms with Crippen LogP contribution in [0.3, 0.4) is 0 Å². The first-order valence-electron chi connectivity index (χ1n) is 5.95. The SMILES string of the molecule is CCc1ncnc(Nc2ccc(C)cc2F)c1C. The number of anilines is 2. The van der Waals surface area contributed by atoms with Gasteiger partial charge in [0.15, 0.2) is 0 Å². The van der Waals surface area contributed by atoms with E-state index in [1.165, 1.54) is 12.4 Å². The third-order valence-electron chi connectivity index (χ3n) is 2.90. The maximum absolute atomic E-state index is 13.7. The molecule has 1 aromatic heterocycles. The summed E-state index contributed by atoms with van der Waals surface area (Å²) < 4.78 is 13.7. The first kappa shape index (κ1) is 12.5. The Morgan fingerprint density at radius 2 is 2.00 bits per heavy atom. The number of hydrogen-bond donors (Lipinski definition) is 1. The molecule has 3 nitrogen and oxygen atoms in total. The van der Waals surface area contributed by atoms with E-state index in [9.17, 15) is 4.39 Å². The van der Waals surface area contributed by atoms with Crippen LogP contribution < -0.4 is 5.32 Å². The van der Waals surface area contributed by atoms with Gasteiger partial charge >= 0.3 is 0 Å². The van der Waals surface area contributed by atoms with Gasteiger partial charge in [-0.25, -0.2) is 14.4 Å². The van der Waals surface area contributed by atoms with Crippen molar-refractivity contribution >= 4 is 11.5 Å². The fraction of sp³-hybridized carbons (Fsp3) is 0.286. The molecule has 0 fully saturated rings. The zero-order chi connectivity index (χ0) is 13.1. The summed E-state index contributed by atoms with van der Waals surface area (Å²) in [6.07, 6.45) is 2.33. The Morgan fingerprint density at radius 3 is 2.67 bits per heavy atom. The van der Waals surface area contributed by atoms with Gasteiger partial charge < -0.3 is 5.32 Å². The number of aryl methyl sites for hydroxylation is 2. The van der Waals surface area contributed by atoms with E-state index in [-0.39, 0.29) is 5.82 Å². The molecule has 0 aliphatic rings.